The lowest BCUT2D eigenvalue weighted by Crippen LogP contribution is -2.21. The van der Waals surface area contributed by atoms with Crippen LogP contribution in [0.4, 0.5) is 5.69 Å². The van der Waals surface area contributed by atoms with E-state index in [1.54, 1.807) is 0 Å². The van der Waals surface area contributed by atoms with E-state index in [4.69, 9.17) is 10.8 Å². The van der Waals surface area contributed by atoms with Crippen LogP contribution in [-0.2, 0) is 5.41 Å². The number of hydrogen-bond donors (Lipinski definition) is 2. The summed E-state index contributed by atoms with van der Waals surface area (Å²) in [5, 5.41) is 9.09. The monoisotopic (exact) mass is 201 g/mol. The van der Waals surface area contributed by atoms with Crippen molar-refractivity contribution < 1.29 is 5.11 Å². The van der Waals surface area contributed by atoms with E-state index in [1.807, 2.05) is 38.1 Å². The van der Waals surface area contributed by atoms with Crippen LogP contribution in [0.2, 0.25) is 0 Å². The number of aliphatic hydroxyl groups is 1. The fourth-order valence-electron chi connectivity index (χ4n) is 1.03. The maximum atomic E-state index is 9.09. The van der Waals surface area contributed by atoms with Crippen molar-refractivity contribution >= 4 is 18.1 Å². The highest BCUT2D eigenvalue weighted by atomic mass is 35.5. The van der Waals surface area contributed by atoms with Gasteiger partial charge in [0.1, 0.15) is 0 Å². The number of aliphatic hydroxyl groups excluding tert-OH is 1. The summed E-state index contributed by atoms with van der Waals surface area (Å²) in [6.07, 6.45) is 0. The molecule has 3 N–H and O–H groups in total. The second kappa shape index (κ2) is 4.49. The largest absolute Gasteiger partial charge is 0.399 e. The SMILES string of the molecule is CC(C)(CO)c1ccc(N)cc1.Cl. The molecule has 2 nitrogen and oxygen atoms in total. The summed E-state index contributed by atoms with van der Waals surface area (Å²) in [5.74, 6) is 0. The van der Waals surface area contributed by atoms with Gasteiger partial charge in [-0.3, -0.25) is 0 Å². The zero-order chi connectivity index (χ0) is 9.19. The Kier molecular flexibility index (Phi) is 4.24. The molecular weight excluding hydrogens is 186 g/mol. The van der Waals surface area contributed by atoms with Crippen LogP contribution in [0.5, 0.6) is 0 Å². The normalized spacial score (nSPS) is 10.7. The second-order valence-corrected chi connectivity index (χ2v) is 3.66. The smallest absolute Gasteiger partial charge is 0.0522 e. The molecule has 0 heterocycles. The van der Waals surface area contributed by atoms with E-state index in [1.165, 1.54) is 0 Å². The Hall–Kier alpha value is -0.730. The molecule has 0 amide bonds. The first-order valence-corrected chi connectivity index (χ1v) is 4.03. The van der Waals surface area contributed by atoms with Gasteiger partial charge in [-0.05, 0) is 17.7 Å². The Morgan fingerprint density at radius 2 is 1.69 bits per heavy atom. The van der Waals surface area contributed by atoms with Crippen LogP contribution in [0.25, 0.3) is 0 Å². The number of hydrogen-bond acceptors (Lipinski definition) is 2. The molecule has 0 saturated carbocycles. The molecule has 0 spiro atoms. The third-order valence-electron chi connectivity index (χ3n) is 2.09. The van der Waals surface area contributed by atoms with Crippen molar-refractivity contribution in [3.05, 3.63) is 29.8 Å². The molecule has 0 fully saturated rings. The topological polar surface area (TPSA) is 46.2 Å². The molecule has 0 radical (unpaired) electrons. The van der Waals surface area contributed by atoms with Crippen molar-refractivity contribution in [3.8, 4) is 0 Å². The Morgan fingerprint density at radius 3 is 2.08 bits per heavy atom. The zero-order valence-electron chi connectivity index (χ0n) is 7.95. The second-order valence-electron chi connectivity index (χ2n) is 3.66. The lowest BCUT2D eigenvalue weighted by molar-refractivity contribution is 0.218. The van der Waals surface area contributed by atoms with Crippen LogP contribution in [0.15, 0.2) is 24.3 Å². The van der Waals surface area contributed by atoms with Crippen molar-refractivity contribution in [2.24, 2.45) is 0 Å². The maximum Gasteiger partial charge on any atom is 0.0522 e. The van der Waals surface area contributed by atoms with Crippen molar-refractivity contribution in [2.75, 3.05) is 12.3 Å². The summed E-state index contributed by atoms with van der Waals surface area (Å²) in [5.41, 5.74) is 7.24. The molecule has 0 aromatic heterocycles. The van der Waals surface area contributed by atoms with Gasteiger partial charge in [-0.2, -0.15) is 0 Å². The van der Waals surface area contributed by atoms with E-state index in [0.29, 0.717) is 0 Å². The van der Waals surface area contributed by atoms with E-state index in [-0.39, 0.29) is 24.4 Å². The average molecular weight is 202 g/mol. The Morgan fingerprint density at radius 1 is 1.23 bits per heavy atom. The third kappa shape index (κ3) is 2.90. The number of rotatable bonds is 2. The summed E-state index contributed by atoms with van der Waals surface area (Å²) in [6.45, 7) is 4.15. The average Bonchev–Trinajstić information content (AvgIpc) is 2.05. The molecule has 74 valence electrons. The van der Waals surface area contributed by atoms with Gasteiger partial charge in [0.15, 0.2) is 0 Å². The minimum Gasteiger partial charge on any atom is -0.399 e. The summed E-state index contributed by atoms with van der Waals surface area (Å²) < 4.78 is 0. The number of benzene rings is 1. The predicted molar refractivity (Wildman–Crippen MR) is 58.2 cm³/mol. The molecule has 0 atom stereocenters. The molecule has 0 bridgehead atoms. The fraction of sp³-hybridized carbons (Fsp3) is 0.400. The standard InChI is InChI=1S/C10H15NO.ClH/c1-10(2,7-12)8-3-5-9(11)6-4-8;/h3-6,12H,7,11H2,1-2H3;1H. The molecular formula is C10H16ClNO. The Balaban J connectivity index is 0.00000144. The molecule has 1 aromatic carbocycles. The van der Waals surface area contributed by atoms with Gasteiger partial charge in [-0.1, -0.05) is 26.0 Å². The predicted octanol–water partition coefficient (Wildman–Crippen LogP) is 1.96. The molecule has 0 aliphatic rings. The summed E-state index contributed by atoms with van der Waals surface area (Å²) in [4.78, 5) is 0. The van der Waals surface area contributed by atoms with Crippen molar-refractivity contribution in [3.63, 3.8) is 0 Å². The molecule has 0 aliphatic carbocycles. The molecule has 0 unspecified atom stereocenters. The minimum absolute atomic E-state index is 0. The third-order valence-corrected chi connectivity index (χ3v) is 2.09. The zero-order valence-corrected chi connectivity index (χ0v) is 8.77. The summed E-state index contributed by atoms with van der Waals surface area (Å²) in [6, 6.07) is 7.61. The van der Waals surface area contributed by atoms with Gasteiger partial charge >= 0.3 is 0 Å². The summed E-state index contributed by atoms with van der Waals surface area (Å²) >= 11 is 0. The van der Waals surface area contributed by atoms with Crippen molar-refractivity contribution in [1.82, 2.24) is 0 Å². The van der Waals surface area contributed by atoms with Gasteiger partial charge in [-0.15, -0.1) is 12.4 Å². The number of nitrogen functional groups attached to an aromatic ring is 1. The van der Waals surface area contributed by atoms with E-state index >= 15 is 0 Å². The Bertz CT molecular complexity index is 256. The highest BCUT2D eigenvalue weighted by molar-refractivity contribution is 5.85. The lowest BCUT2D eigenvalue weighted by Gasteiger charge is -2.22. The van der Waals surface area contributed by atoms with Gasteiger partial charge < -0.3 is 10.8 Å². The van der Waals surface area contributed by atoms with Gasteiger partial charge in [0, 0.05) is 11.1 Å². The van der Waals surface area contributed by atoms with E-state index in [2.05, 4.69) is 0 Å². The molecule has 0 saturated heterocycles. The van der Waals surface area contributed by atoms with Gasteiger partial charge in [0.25, 0.3) is 0 Å². The maximum absolute atomic E-state index is 9.09. The first-order valence-electron chi connectivity index (χ1n) is 4.03. The Labute approximate surface area is 85.2 Å². The van der Waals surface area contributed by atoms with Crippen LogP contribution in [-0.4, -0.2) is 11.7 Å². The highest BCUT2D eigenvalue weighted by Gasteiger charge is 2.18. The van der Waals surface area contributed by atoms with Crippen LogP contribution in [0, 0.1) is 0 Å². The summed E-state index contributed by atoms with van der Waals surface area (Å²) in [7, 11) is 0. The number of halogens is 1. The van der Waals surface area contributed by atoms with Crippen LogP contribution in [0.3, 0.4) is 0 Å². The van der Waals surface area contributed by atoms with Gasteiger partial charge in [-0.25, -0.2) is 0 Å². The van der Waals surface area contributed by atoms with Gasteiger partial charge in [0.2, 0.25) is 0 Å². The first-order chi connectivity index (χ1) is 5.56. The van der Waals surface area contributed by atoms with Crippen LogP contribution < -0.4 is 5.73 Å². The van der Waals surface area contributed by atoms with Crippen LogP contribution >= 0.6 is 12.4 Å². The number of anilines is 1. The van der Waals surface area contributed by atoms with Gasteiger partial charge in [0.05, 0.1) is 6.61 Å². The quantitative estimate of drug-likeness (QED) is 0.719. The van der Waals surface area contributed by atoms with Crippen molar-refractivity contribution in [1.29, 1.82) is 0 Å². The highest BCUT2D eigenvalue weighted by Crippen LogP contribution is 2.22. The fourth-order valence-corrected chi connectivity index (χ4v) is 1.03. The minimum atomic E-state index is -0.173. The molecule has 0 aliphatic heterocycles. The van der Waals surface area contributed by atoms with E-state index < -0.39 is 0 Å². The van der Waals surface area contributed by atoms with E-state index in [9.17, 15) is 0 Å². The van der Waals surface area contributed by atoms with E-state index in [0.717, 1.165) is 11.3 Å². The first kappa shape index (κ1) is 12.3. The molecule has 13 heavy (non-hydrogen) atoms. The molecule has 1 aromatic rings. The van der Waals surface area contributed by atoms with Crippen LogP contribution in [0.1, 0.15) is 19.4 Å². The lowest BCUT2D eigenvalue weighted by atomic mass is 9.86. The number of nitrogens with two attached hydrogens (primary N) is 1. The van der Waals surface area contributed by atoms with Crippen molar-refractivity contribution in [2.45, 2.75) is 19.3 Å². The molecule has 3 heteroatoms. The molecule has 1 rings (SSSR count).